The third kappa shape index (κ3) is 4.59. The minimum atomic E-state index is -0.956. The normalized spacial score (nSPS) is 13.4. The quantitative estimate of drug-likeness (QED) is 0.395. The van der Waals surface area contributed by atoms with Gasteiger partial charge in [0.1, 0.15) is 30.0 Å². The van der Waals surface area contributed by atoms with Crippen LogP contribution in [-0.4, -0.2) is 34.8 Å². The van der Waals surface area contributed by atoms with Crippen LogP contribution >= 0.6 is 0 Å². The lowest BCUT2D eigenvalue weighted by atomic mass is 10.1. The van der Waals surface area contributed by atoms with Crippen molar-refractivity contribution in [1.29, 1.82) is 0 Å². The zero-order valence-electron chi connectivity index (χ0n) is 18.3. The zero-order valence-corrected chi connectivity index (χ0v) is 18.3. The number of hydrogen-bond donors (Lipinski definition) is 1. The van der Waals surface area contributed by atoms with Crippen LogP contribution < -0.4 is 14.4 Å². The van der Waals surface area contributed by atoms with Crippen LogP contribution in [0.15, 0.2) is 91.3 Å². The average molecular weight is 458 g/mol. The van der Waals surface area contributed by atoms with Gasteiger partial charge in [-0.1, -0.05) is 18.2 Å². The average Bonchev–Trinajstić information content (AvgIpc) is 3.36. The van der Waals surface area contributed by atoms with E-state index in [-0.39, 0.29) is 17.5 Å². The van der Waals surface area contributed by atoms with Crippen molar-refractivity contribution in [3.63, 3.8) is 0 Å². The van der Waals surface area contributed by atoms with Gasteiger partial charge in [0.05, 0.1) is 30.0 Å². The highest BCUT2D eigenvalue weighted by Gasteiger charge is 2.31. The number of carbonyl (C=O) groups is 1. The number of hydrogen-bond acceptors (Lipinski definition) is 4. The summed E-state index contributed by atoms with van der Waals surface area (Å²) in [6, 6.07) is 22.7. The van der Waals surface area contributed by atoms with E-state index >= 15 is 0 Å². The highest BCUT2D eigenvalue weighted by molar-refractivity contribution is 5.95. The summed E-state index contributed by atoms with van der Waals surface area (Å²) >= 11 is 0. The third-order valence-corrected chi connectivity index (χ3v) is 5.74. The largest absolute Gasteiger partial charge is 0.489 e. The second kappa shape index (κ2) is 9.31. The van der Waals surface area contributed by atoms with Crippen LogP contribution in [-0.2, 0) is 6.61 Å². The molecule has 172 valence electrons. The van der Waals surface area contributed by atoms with E-state index in [2.05, 4.69) is 4.90 Å². The molecule has 1 aromatic heterocycles. The van der Waals surface area contributed by atoms with Gasteiger partial charge >= 0.3 is 5.97 Å². The molecule has 1 N–H and O–H groups in total. The number of ether oxygens (including phenoxy) is 2. The maximum atomic E-state index is 13.0. The van der Waals surface area contributed by atoms with Crippen LogP contribution in [0.4, 0.5) is 10.1 Å². The number of halogens is 1. The molecule has 0 aliphatic carbocycles. The molecule has 34 heavy (non-hydrogen) atoms. The first kappa shape index (κ1) is 21.6. The number of aromatic carboxylic acids is 1. The maximum absolute atomic E-state index is 13.0. The number of rotatable bonds is 8. The zero-order chi connectivity index (χ0) is 23.5. The molecule has 1 aliphatic heterocycles. The van der Waals surface area contributed by atoms with Gasteiger partial charge in [0, 0.05) is 12.4 Å². The lowest BCUT2D eigenvalue weighted by Crippen LogP contribution is -2.54. The second-order valence-electron chi connectivity index (χ2n) is 8.10. The molecule has 4 aromatic rings. The molecule has 6 nitrogen and oxygen atoms in total. The smallest absolute Gasteiger partial charge is 0.337 e. The highest BCUT2D eigenvalue weighted by atomic mass is 19.1. The van der Waals surface area contributed by atoms with E-state index in [0.29, 0.717) is 31.1 Å². The summed E-state index contributed by atoms with van der Waals surface area (Å²) in [7, 11) is 0. The number of para-hydroxylation sites is 1. The Bertz CT molecular complexity index is 1270. The molecule has 1 saturated heterocycles. The molecule has 0 spiro atoms. The minimum Gasteiger partial charge on any atom is -0.489 e. The minimum absolute atomic E-state index is 0.00677. The van der Waals surface area contributed by atoms with Crippen molar-refractivity contribution >= 4 is 11.7 Å². The van der Waals surface area contributed by atoms with E-state index in [0.717, 1.165) is 17.0 Å². The fourth-order valence-electron chi connectivity index (χ4n) is 3.98. The fourth-order valence-corrected chi connectivity index (χ4v) is 3.98. The lowest BCUT2D eigenvalue weighted by molar-refractivity contribution is 0.0697. The molecular formula is C27H23FN2O4. The number of nitrogens with zero attached hydrogens (tertiary/aromatic N) is 2. The molecule has 0 saturated carbocycles. The van der Waals surface area contributed by atoms with Gasteiger partial charge in [-0.3, -0.25) is 0 Å². The predicted molar refractivity (Wildman–Crippen MR) is 127 cm³/mol. The fraction of sp³-hybridized carbons (Fsp3) is 0.148. The van der Waals surface area contributed by atoms with Crippen LogP contribution in [0, 0.1) is 5.82 Å². The van der Waals surface area contributed by atoms with E-state index in [1.54, 1.807) is 24.3 Å². The van der Waals surface area contributed by atoms with E-state index in [1.165, 1.54) is 12.1 Å². The van der Waals surface area contributed by atoms with Gasteiger partial charge in [-0.15, -0.1) is 0 Å². The number of carboxylic acid groups (broad SMARTS) is 1. The van der Waals surface area contributed by atoms with Crippen molar-refractivity contribution in [2.45, 2.75) is 12.7 Å². The molecule has 0 radical (unpaired) electrons. The van der Waals surface area contributed by atoms with Gasteiger partial charge in [-0.25, -0.2) is 9.18 Å². The highest BCUT2D eigenvalue weighted by Crippen LogP contribution is 2.32. The van der Waals surface area contributed by atoms with Gasteiger partial charge in [0.15, 0.2) is 0 Å². The van der Waals surface area contributed by atoms with Crippen LogP contribution in [0.2, 0.25) is 0 Å². The summed E-state index contributed by atoms with van der Waals surface area (Å²) in [5.41, 5.74) is 2.76. The molecule has 5 rings (SSSR count). The Hall–Kier alpha value is -4.26. The summed E-state index contributed by atoms with van der Waals surface area (Å²) in [6.07, 6.45) is 3.70. The Labute approximate surface area is 196 Å². The molecule has 0 bridgehead atoms. The van der Waals surface area contributed by atoms with Crippen LogP contribution in [0.3, 0.4) is 0 Å². The first-order valence-corrected chi connectivity index (χ1v) is 11.0. The van der Waals surface area contributed by atoms with E-state index < -0.39 is 5.97 Å². The van der Waals surface area contributed by atoms with E-state index in [9.17, 15) is 14.3 Å². The monoisotopic (exact) mass is 458 g/mol. The van der Waals surface area contributed by atoms with Gasteiger partial charge in [0.2, 0.25) is 0 Å². The molecular weight excluding hydrogens is 435 g/mol. The topological polar surface area (TPSA) is 63.9 Å². The first-order valence-electron chi connectivity index (χ1n) is 11.0. The van der Waals surface area contributed by atoms with Gasteiger partial charge in [0.25, 0.3) is 0 Å². The number of benzene rings is 3. The lowest BCUT2D eigenvalue weighted by Gasteiger charge is -2.41. The Morgan fingerprint density at radius 2 is 1.59 bits per heavy atom. The summed E-state index contributed by atoms with van der Waals surface area (Å²) in [6.45, 7) is 1.70. The van der Waals surface area contributed by atoms with E-state index in [1.807, 2.05) is 59.4 Å². The van der Waals surface area contributed by atoms with Gasteiger partial charge in [-0.05, 0) is 66.2 Å². The predicted octanol–water partition coefficient (Wildman–Crippen LogP) is 5.16. The van der Waals surface area contributed by atoms with Crippen molar-refractivity contribution in [2.75, 3.05) is 18.0 Å². The van der Waals surface area contributed by atoms with Crippen molar-refractivity contribution in [2.24, 2.45) is 0 Å². The van der Waals surface area contributed by atoms with Crippen molar-refractivity contribution in [1.82, 2.24) is 4.57 Å². The van der Waals surface area contributed by atoms with Crippen LogP contribution in [0.1, 0.15) is 15.9 Å². The third-order valence-electron chi connectivity index (χ3n) is 5.74. The standard InChI is InChI=1S/C27H23FN2O4/c28-20-8-12-21(13-9-20)33-18-19-6-10-22(11-7-19)34-23-16-30(17-23)25-5-3-4-24(27(31)32)26(25)29-14-1-2-15-29/h1-15,23H,16-18H2,(H,31,32). The maximum Gasteiger partial charge on any atom is 0.337 e. The second-order valence-corrected chi connectivity index (χ2v) is 8.10. The Morgan fingerprint density at radius 3 is 2.26 bits per heavy atom. The Kier molecular flexibility index (Phi) is 5.91. The van der Waals surface area contributed by atoms with Crippen molar-refractivity contribution < 1.29 is 23.8 Å². The van der Waals surface area contributed by atoms with Crippen LogP contribution in [0.25, 0.3) is 5.69 Å². The van der Waals surface area contributed by atoms with Crippen LogP contribution in [0.5, 0.6) is 11.5 Å². The number of carboxylic acids is 1. The van der Waals surface area contributed by atoms with Crippen molar-refractivity contribution in [3.8, 4) is 17.2 Å². The summed E-state index contributed by atoms with van der Waals surface area (Å²) in [5.74, 6) is 0.129. The molecule has 2 heterocycles. The van der Waals surface area contributed by atoms with Crippen molar-refractivity contribution in [3.05, 3.63) is 108 Å². The Morgan fingerprint density at radius 1 is 0.912 bits per heavy atom. The number of anilines is 1. The van der Waals surface area contributed by atoms with Gasteiger partial charge < -0.3 is 24.0 Å². The molecule has 1 fully saturated rings. The summed E-state index contributed by atoms with van der Waals surface area (Å²) < 4.78 is 26.6. The SMILES string of the molecule is O=C(O)c1cccc(N2CC(Oc3ccc(COc4ccc(F)cc4)cc3)C2)c1-n1cccc1. The molecule has 0 atom stereocenters. The number of aromatic nitrogens is 1. The molecule has 1 aliphatic rings. The van der Waals surface area contributed by atoms with Gasteiger partial charge in [-0.2, -0.15) is 0 Å². The molecule has 0 unspecified atom stereocenters. The molecule has 7 heteroatoms. The first-order chi connectivity index (χ1) is 16.6. The summed E-state index contributed by atoms with van der Waals surface area (Å²) in [5, 5.41) is 9.66. The molecule has 0 amide bonds. The Balaban J connectivity index is 1.20. The summed E-state index contributed by atoms with van der Waals surface area (Å²) in [4.78, 5) is 13.9. The van der Waals surface area contributed by atoms with E-state index in [4.69, 9.17) is 9.47 Å². The molecule has 3 aromatic carbocycles.